The fourth-order valence-corrected chi connectivity index (χ4v) is 2.46. The number of nitrogens with two attached hydrogens (primary N) is 1. The molecule has 0 aliphatic heterocycles. The summed E-state index contributed by atoms with van der Waals surface area (Å²) in [5, 5.41) is 11.9. The van der Waals surface area contributed by atoms with Gasteiger partial charge >= 0.3 is 0 Å². The molecule has 21 heavy (non-hydrogen) atoms. The second-order valence-corrected chi connectivity index (χ2v) is 5.54. The third kappa shape index (κ3) is 6.33. The van der Waals surface area contributed by atoms with Gasteiger partial charge in [0.15, 0.2) is 5.84 Å². The number of nitrogens with zero attached hydrogens (tertiary/aromatic N) is 3. The molecule has 1 atom stereocenters. The molecule has 1 unspecified atom stereocenters. The normalized spacial score (nSPS) is 13.8. The zero-order valence-electron chi connectivity index (χ0n) is 14.2. The van der Waals surface area contributed by atoms with Crippen LogP contribution < -0.4 is 5.73 Å². The van der Waals surface area contributed by atoms with Gasteiger partial charge in [-0.15, -0.1) is 0 Å². The molecule has 0 saturated heterocycles. The maximum Gasteiger partial charge on any atom is 0.233 e. The fraction of sp³-hybridized carbons (Fsp3) is 0.867. The number of hydrogen-bond donors (Lipinski definition) is 2. The summed E-state index contributed by atoms with van der Waals surface area (Å²) < 4.78 is 0. The lowest BCUT2D eigenvalue weighted by molar-refractivity contribution is -0.134. The molecule has 6 nitrogen and oxygen atoms in total. The summed E-state index contributed by atoms with van der Waals surface area (Å²) in [6, 6.07) is 0. The summed E-state index contributed by atoms with van der Waals surface area (Å²) in [7, 11) is 0. The standard InChI is InChI=1S/C15H32N4O2/c1-6-18(7-2)10-9-11-19(8-3)15(20)13(12(4)5)14(16)17-21/h12-13,21H,6-11H2,1-5H3,(H2,16,17). The van der Waals surface area contributed by atoms with Gasteiger partial charge < -0.3 is 20.7 Å². The van der Waals surface area contributed by atoms with Gasteiger partial charge in [-0.1, -0.05) is 32.9 Å². The van der Waals surface area contributed by atoms with Gasteiger partial charge in [0, 0.05) is 13.1 Å². The van der Waals surface area contributed by atoms with E-state index in [0.717, 1.165) is 26.1 Å². The number of amides is 1. The highest BCUT2D eigenvalue weighted by molar-refractivity contribution is 6.02. The highest BCUT2D eigenvalue weighted by Crippen LogP contribution is 2.15. The number of carbonyl (C=O) groups is 1. The third-order valence-corrected chi connectivity index (χ3v) is 3.86. The van der Waals surface area contributed by atoms with Crippen LogP contribution in [0.1, 0.15) is 41.0 Å². The van der Waals surface area contributed by atoms with E-state index >= 15 is 0 Å². The van der Waals surface area contributed by atoms with Crippen LogP contribution in [0.2, 0.25) is 0 Å². The lowest BCUT2D eigenvalue weighted by atomic mass is 9.93. The SMILES string of the molecule is CCN(CC)CCCN(CC)C(=O)C(C(N)=NO)C(C)C. The van der Waals surface area contributed by atoms with Crippen molar-refractivity contribution in [1.82, 2.24) is 9.80 Å². The molecule has 1 amide bonds. The molecular formula is C15H32N4O2. The highest BCUT2D eigenvalue weighted by Gasteiger charge is 2.30. The molecule has 0 spiro atoms. The lowest BCUT2D eigenvalue weighted by Gasteiger charge is -2.28. The Morgan fingerprint density at radius 2 is 1.71 bits per heavy atom. The molecule has 0 radical (unpaired) electrons. The van der Waals surface area contributed by atoms with E-state index in [2.05, 4.69) is 23.9 Å². The first kappa shape index (κ1) is 19.7. The molecule has 0 heterocycles. The quantitative estimate of drug-likeness (QED) is 0.278. The summed E-state index contributed by atoms with van der Waals surface area (Å²) in [5.41, 5.74) is 5.68. The Morgan fingerprint density at radius 1 is 1.14 bits per heavy atom. The van der Waals surface area contributed by atoms with Crippen molar-refractivity contribution in [3.63, 3.8) is 0 Å². The van der Waals surface area contributed by atoms with Crippen LogP contribution in [-0.2, 0) is 4.79 Å². The van der Waals surface area contributed by atoms with Crippen molar-refractivity contribution in [2.45, 2.75) is 41.0 Å². The third-order valence-electron chi connectivity index (χ3n) is 3.86. The number of hydrogen-bond acceptors (Lipinski definition) is 4. The molecule has 0 aliphatic rings. The van der Waals surface area contributed by atoms with E-state index in [1.165, 1.54) is 0 Å². The largest absolute Gasteiger partial charge is 0.409 e. The van der Waals surface area contributed by atoms with Crippen LogP contribution in [0.25, 0.3) is 0 Å². The molecule has 0 aromatic carbocycles. The number of oxime groups is 1. The molecule has 0 aliphatic carbocycles. The van der Waals surface area contributed by atoms with E-state index in [1.54, 1.807) is 4.90 Å². The Balaban J connectivity index is 4.66. The van der Waals surface area contributed by atoms with Crippen molar-refractivity contribution >= 4 is 11.7 Å². The van der Waals surface area contributed by atoms with E-state index in [1.807, 2.05) is 20.8 Å². The van der Waals surface area contributed by atoms with E-state index in [4.69, 9.17) is 10.9 Å². The van der Waals surface area contributed by atoms with Crippen molar-refractivity contribution in [3.05, 3.63) is 0 Å². The second kappa shape index (κ2) is 10.4. The Bertz CT molecular complexity index is 328. The van der Waals surface area contributed by atoms with Crippen LogP contribution in [0, 0.1) is 11.8 Å². The van der Waals surface area contributed by atoms with Crippen molar-refractivity contribution in [3.8, 4) is 0 Å². The van der Waals surface area contributed by atoms with E-state index in [-0.39, 0.29) is 17.7 Å². The van der Waals surface area contributed by atoms with Crippen molar-refractivity contribution in [1.29, 1.82) is 0 Å². The van der Waals surface area contributed by atoms with Crippen LogP contribution in [-0.4, -0.2) is 59.5 Å². The van der Waals surface area contributed by atoms with Crippen LogP contribution in [0.15, 0.2) is 5.16 Å². The first-order valence-corrected chi connectivity index (χ1v) is 7.91. The van der Waals surface area contributed by atoms with Crippen LogP contribution >= 0.6 is 0 Å². The monoisotopic (exact) mass is 300 g/mol. The minimum Gasteiger partial charge on any atom is -0.409 e. The summed E-state index contributed by atoms with van der Waals surface area (Å²) in [5.74, 6) is -0.604. The topological polar surface area (TPSA) is 82.2 Å². The molecule has 0 fully saturated rings. The van der Waals surface area contributed by atoms with Crippen molar-refractivity contribution in [2.75, 3.05) is 32.7 Å². The molecule has 0 bridgehead atoms. The molecule has 0 rings (SSSR count). The van der Waals surface area contributed by atoms with Crippen molar-refractivity contribution in [2.24, 2.45) is 22.7 Å². The highest BCUT2D eigenvalue weighted by atomic mass is 16.4. The average Bonchev–Trinajstić information content (AvgIpc) is 2.47. The van der Waals surface area contributed by atoms with Gasteiger partial charge in [0.25, 0.3) is 0 Å². The Morgan fingerprint density at radius 3 is 2.10 bits per heavy atom. The number of carbonyl (C=O) groups excluding carboxylic acids is 1. The van der Waals surface area contributed by atoms with E-state index in [9.17, 15) is 4.79 Å². The average molecular weight is 300 g/mol. The lowest BCUT2D eigenvalue weighted by Crippen LogP contribution is -2.45. The van der Waals surface area contributed by atoms with Gasteiger partial charge in [-0.3, -0.25) is 4.79 Å². The van der Waals surface area contributed by atoms with Gasteiger partial charge in [-0.25, -0.2) is 0 Å². The zero-order chi connectivity index (χ0) is 16.4. The minimum absolute atomic E-state index is 0.00260. The van der Waals surface area contributed by atoms with Crippen LogP contribution in [0.5, 0.6) is 0 Å². The minimum atomic E-state index is -0.552. The van der Waals surface area contributed by atoms with Gasteiger partial charge in [0.1, 0.15) is 5.92 Å². The predicted molar refractivity (Wildman–Crippen MR) is 86.4 cm³/mol. The molecular weight excluding hydrogens is 268 g/mol. The fourth-order valence-electron chi connectivity index (χ4n) is 2.46. The Hall–Kier alpha value is -1.30. The van der Waals surface area contributed by atoms with Gasteiger partial charge in [-0.05, 0) is 38.9 Å². The molecule has 0 aromatic rings. The maximum absolute atomic E-state index is 12.6. The molecule has 0 saturated carbocycles. The van der Waals surface area contributed by atoms with Gasteiger partial charge in [0.05, 0.1) is 0 Å². The maximum atomic E-state index is 12.6. The van der Waals surface area contributed by atoms with Gasteiger partial charge in [-0.2, -0.15) is 0 Å². The van der Waals surface area contributed by atoms with E-state index in [0.29, 0.717) is 13.1 Å². The molecule has 124 valence electrons. The summed E-state index contributed by atoms with van der Waals surface area (Å²) in [4.78, 5) is 16.7. The van der Waals surface area contributed by atoms with Crippen LogP contribution in [0.3, 0.4) is 0 Å². The Labute approximate surface area is 129 Å². The Kier molecular flexibility index (Phi) is 9.78. The second-order valence-electron chi connectivity index (χ2n) is 5.54. The summed E-state index contributed by atoms with van der Waals surface area (Å²) in [6.45, 7) is 14.4. The van der Waals surface area contributed by atoms with Crippen molar-refractivity contribution < 1.29 is 10.0 Å². The first-order valence-electron chi connectivity index (χ1n) is 7.91. The predicted octanol–water partition coefficient (Wildman–Crippen LogP) is 1.59. The number of amidine groups is 1. The molecule has 6 heteroatoms. The van der Waals surface area contributed by atoms with Gasteiger partial charge in [0.2, 0.25) is 5.91 Å². The summed E-state index contributed by atoms with van der Waals surface area (Å²) >= 11 is 0. The smallest absolute Gasteiger partial charge is 0.233 e. The summed E-state index contributed by atoms with van der Waals surface area (Å²) in [6.07, 6.45) is 0.933. The molecule has 3 N–H and O–H groups in total. The number of rotatable bonds is 10. The zero-order valence-corrected chi connectivity index (χ0v) is 14.2. The first-order chi connectivity index (χ1) is 9.92. The van der Waals surface area contributed by atoms with Crippen LogP contribution in [0.4, 0.5) is 0 Å². The molecule has 0 aromatic heterocycles. The van der Waals surface area contributed by atoms with E-state index < -0.39 is 5.92 Å².